The van der Waals surface area contributed by atoms with Gasteiger partial charge in [-0.15, -0.1) is 0 Å². The minimum absolute atomic E-state index is 0.684. The largest absolute Gasteiger partial charge is 0.385 e. The molecule has 1 aromatic rings. The minimum atomic E-state index is 0.684. The molecule has 2 heteroatoms. The average molecular weight is 260 g/mol. The second kappa shape index (κ2) is 6.42. The Morgan fingerprint density at radius 2 is 1.74 bits per heavy atom. The Morgan fingerprint density at radius 1 is 1.00 bits per heavy atom. The van der Waals surface area contributed by atoms with Crippen LogP contribution in [0.25, 0.3) is 0 Å². The Morgan fingerprint density at radius 3 is 2.47 bits per heavy atom. The zero-order chi connectivity index (χ0) is 13.8. The van der Waals surface area contributed by atoms with E-state index in [0.717, 1.165) is 25.4 Å². The molecule has 1 aliphatic carbocycles. The molecule has 0 fully saturated rings. The summed E-state index contributed by atoms with van der Waals surface area (Å²) in [7, 11) is 0. The van der Waals surface area contributed by atoms with E-state index in [1.54, 1.807) is 11.1 Å². The molecule has 1 aliphatic rings. The molecule has 0 aromatic heterocycles. The summed E-state index contributed by atoms with van der Waals surface area (Å²) < 4.78 is 0. The second-order valence-corrected chi connectivity index (χ2v) is 6.06. The highest BCUT2D eigenvalue weighted by atomic mass is 14.9. The van der Waals surface area contributed by atoms with Gasteiger partial charge < -0.3 is 11.1 Å². The van der Waals surface area contributed by atoms with Crippen molar-refractivity contribution in [2.45, 2.75) is 51.9 Å². The van der Waals surface area contributed by atoms with Gasteiger partial charge in [-0.1, -0.05) is 33.3 Å². The molecule has 2 nitrogen and oxygen atoms in total. The molecule has 1 aromatic carbocycles. The van der Waals surface area contributed by atoms with Crippen molar-refractivity contribution in [3.8, 4) is 0 Å². The van der Waals surface area contributed by atoms with Crippen LogP contribution in [0, 0.1) is 5.92 Å². The van der Waals surface area contributed by atoms with Gasteiger partial charge in [0.1, 0.15) is 0 Å². The van der Waals surface area contributed by atoms with Gasteiger partial charge in [-0.25, -0.2) is 0 Å². The average Bonchev–Trinajstić information content (AvgIpc) is 2.64. The van der Waals surface area contributed by atoms with Gasteiger partial charge in [0, 0.05) is 12.2 Å². The van der Waals surface area contributed by atoms with Crippen molar-refractivity contribution in [3.63, 3.8) is 0 Å². The van der Waals surface area contributed by atoms with Crippen molar-refractivity contribution in [1.82, 2.24) is 0 Å². The van der Waals surface area contributed by atoms with E-state index >= 15 is 0 Å². The molecule has 0 amide bonds. The third-order valence-electron chi connectivity index (χ3n) is 4.86. The van der Waals surface area contributed by atoms with E-state index in [1.807, 2.05) is 0 Å². The number of nitrogens with two attached hydrogens (primary N) is 1. The lowest BCUT2D eigenvalue weighted by Crippen LogP contribution is -2.04. The van der Waals surface area contributed by atoms with Crippen LogP contribution in [0.2, 0.25) is 0 Å². The van der Waals surface area contributed by atoms with E-state index in [-0.39, 0.29) is 0 Å². The lowest BCUT2D eigenvalue weighted by molar-refractivity contribution is 0.464. The van der Waals surface area contributed by atoms with Gasteiger partial charge >= 0.3 is 0 Å². The molecule has 2 rings (SSSR count). The molecule has 3 unspecified atom stereocenters. The highest BCUT2D eigenvalue weighted by Crippen LogP contribution is 2.46. The molecule has 3 atom stereocenters. The number of hydrogen-bond donors (Lipinski definition) is 2. The van der Waals surface area contributed by atoms with Crippen LogP contribution in [0.1, 0.15) is 63.0 Å². The first-order valence-corrected chi connectivity index (χ1v) is 7.73. The van der Waals surface area contributed by atoms with Crippen molar-refractivity contribution in [3.05, 3.63) is 29.3 Å². The van der Waals surface area contributed by atoms with Crippen LogP contribution >= 0.6 is 0 Å². The third kappa shape index (κ3) is 3.11. The maximum atomic E-state index is 5.50. The third-order valence-corrected chi connectivity index (χ3v) is 4.86. The molecule has 19 heavy (non-hydrogen) atoms. The summed E-state index contributed by atoms with van der Waals surface area (Å²) in [6.07, 6.45) is 3.56. The molecule has 0 radical (unpaired) electrons. The van der Waals surface area contributed by atoms with Crippen molar-refractivity contribution in [1.29, 1.82) is 0 Å². The Labute approximate surface area is 117 Å². The molecule has 0 spiro atoms. The highest BCUT2D eigenvalue weighted by molar-refractivity contribution is 5.52. The van der Waals surface area contributed by atoms with Gasteiger partial charge in [0.25, 0.3) is 0 Å². The Hall–Kier alpha value is -1.02. The fraction of sp³-hybridized carbons (Fsp3) is 0.647. The van der Waals surface area contributed by atoms with Gasteiger partial charge in [0.2, 0.25) is 0 Å². The van der Waals surface area contributed by atoms with Crippen molar-refractivity contribution < 1.29 is 0 Å². The number of unbranched alkanes of at least 4 members (excludes halogenated alkanes) is 2. The summed E-state index contributed by atoms with van der Waals surface area (Å²) in [6.45, 7) is 8.95. The van der Waals surface area contributed by atoms with E-state index in [1.165, 1.54) is 18.5 Å². The van der Waals surface area contributed by atoms with Gasteiger partial charge in [-0.2, -0.15) is 0 Å². The number of anilines is 1. The number of rotatable bonds is 6. The number of fused-ring (bicyclic) bond motifs is 1. The molecule has 0 aliphatic heterocycles. The van der Waals surface area contributed by atoms with Gasteiger partial charge in [-0.3, -0.25) is 0 Å². The summed E-state index contributed by atoms with van der Waals surface area (Å²) in [5.41, 5.74) is 9.88. The van der Waals surface area contributed by atoms with Crippen LogP contribution in [0.3, 0.4) is 0 Å². The second-order valence-electron chi connectivity index (χ2n) is 6.06. The fourth-order valence-electron chi connectivity index (χ4n) is 3.17. The van der Waals surface area contributed by atoms with Gasteiger partial charge in [-0.05, 0) is 60.4 Å². The van der Waals surface area contributed by atoms with Crippen LogP contribution in [-0.2, 0) is 0 Å². The maximum Gasteiger partial charge on any atom is 0.0343 e. The molecule has 0 heterocycles. The predicted octanol–water partition coefficient (Wildman–Crippen LogP) is 4.08. The zero-order valence-electron chi connectivity index (χ0n) is 12.6. The summed E-state index contributed by atoms with van der Waals surface area (Å²) >= 11 is 0. The topological polar surface area (TPSA) is 38.0 Å². The number of benzene rings is 1. The molecular weight excluding hydrogens is 232 g/mol. The van der Waals surface area contributed by atoms with Crippen LogP contribution in [0.15, 0.2) is 18.2 Å². The maximum absolute atomic E-state index is 5.50. The van der Waals surface area contributed by atoms with Crippen LogP contribution in [0.4, 0.5) is 5.69 Å². The molecule has 0 saturated heterocycles. The monoisotopic (exact) mass is 260 g/mol. The van der Waals surface area contributed by atoms with Gasteiger partial charge in [0.15, 0.2) is 0 Å². The van der Waals surface area contributed by atoms with E-state index in [4.69, 9.17) is 5.73 Å². The SMILES string of the molecule is CC1c2ccc(NCCCCCN)cc2C(C)C1C. The number of hydrogen-bond acceptors (Lipinski definition) is 2. The highest BCUT2D eigenvalue weighted by Gasteiger charge is 2.32. The van der Waals surface area contributed by atoms with Gasteiger partial charge in [0.05, 0.1) is 0 Å². The van der Waals surface area contributed by atoms with Crippen molar-refractivity contribution >= 4 is 5.69 Å². The van der Waals surface area contributed by atoms with Crippen molar-refractivity contribution in [2.75, 3.05) is 18.4 Å². The van der Waals surface area contributed by atoms with Crippen molar-refractivity contribution in [2.24, 2.45) is 11.7 Å². The quantitative estimate of drug-likeness (QED) is 0.756. The molecule has 0 saturated carbocycles. The summed E-state index contributed by atoms with van der Waals surface area (Å²) in [5.74, 6) is 2.14. The Bertz CT molecular complexity index is 414. The lowest BCUT2D eigenvalue weighted by Gasteiger charge is -2.13. The Kier molecular flexibility index (Phi) is 4.87. The zero-order valence-corrected chi connectivity index (χ0v) is 12.6. The summed E-state index contributed by atoms with van der Waals surface area (Å²) in [4.78, 5) is 0. The first-order chi connectivity index (χ1) is 9.15. The fourth-order valence-corrected chi connectivity index (χ4v) is 3.17. The van der Waals surface area contributed by atoms with Crippen LogP contribution < -0.4 is 11.1 Å². The van der Waals surface area contributed by atoms with E-state index in [9.17, 15) is 0 Å². The smallest absolute Gasteiger partial charge is 0.0343 e. The molecule has 106 valence electrons. The lowest BCUT2D eigenvalue weighted by atomic mass is 9.91. The summed E-state index contributed by atoms with van der Waals surface area (Å²) in [5, 5.41) is 3.54. The van der Waals surface area contributed by atoms with Crippen LogP contribution in [0.5, 0.6) is 0 Å². The molecule has 0 bridgehead atoms. The summed E-state index contributed by atoms with van der Waals surface area (Å²) in [6, 6.07) is 6.92. The molecule has 3 N–H and O–H groups in total. The predicted molar refractivity (Wildman–Crippen MR) is 83.8 cm³/mol. The minimum Gasteiger partial charge on any atom is -0.385 e. The first kappa shape index (κ1) is 14.4. The molecular formula is C17H28N2. The van der Waals surface area contributed by atoms with E-state index < -0.39 is 0 Å². The number of nitrogens with one attached hydrogen (secondary N) is 1. The van der Waals surface area contributed by atoms with E-state index in [0.29, 0.717) is 11.8 Å². The normalized spacial score (nSPS) is 25.4. The first-order valence-electron chi connectivity index (χ1n) is 7.73. The van der Waals surface area contributed by atoms with E-state index in [2.05, 4.69) is 44.3 Å². The van der Waals surface area contributed by atoms with Crippen LogP contribution in [-0.4, -0.2) is 13.1 Å². The standard InChI is InChI=1S/C17H28N2/c1-12-13(2)16-8-7-15(11-17(16)14(12)3)19-10-6-4-5-9-18/h7-8,11-14,19H,4-6,9-10,18H2,1-3H3. The Balaban J connectivity index is 1.95.